The maximum atomic E-state index is 12.4. The van der Waals surface area contributed by atoms with E-state index in [0.29, 0.717) is 17.4 Å². The lowest BCUT2D eigenvalue weighted by Crippen LogP contribution is -2.37. The number of amidine groups is 1. The third-order valence-corrected chi connectivity index (χ3v) is 7.98. The van der Waals surface area contributed by atoms with Crippen molar-refractivity contribution in [2.75, 3.05) is 17.2 Å². The molecule has 1 unspecified atom stereocenters. The van der Waals surface area contributed by atoms with Gasteiger partial charge in [-0.2, -0.15) is 0 Å². The number of aromatic nitrogens is 3. The van der Waals surface area contributed by atoms with Crippen LogP contribution in [0.15, 0.2) is 84.2 Å². The molecule has 0 radical (unpaired) electrons. The van der Waals surface area contributed by atoms with Crippen molar-refractivity contribution in [3.05, 3.63) is 95.9 Å². The molecule has 0 amide bonds. The number of nitrogens with zero attached hydrogens (tertiary/aromatic N) is 5. The predicted molar refractivity (Wildman–Crippen MR) is 169 cm³/mol. The summed E-state index contributed by atoms with van der Waals surface area (Å²) in [5.41, 5.74) is 5.88. The lowest BCUT2D eigenvalue weighted by Gasteiger charge is -2.33. The molecule has 3 aromatic carbocycles. The molecule has 1 fully saturated rings. The van der Waals surface area contributed by atoms with Gasteiger partial charge in [0, 0.05) is 29.7 Å². The fourth-order valence-electron chi connectivity index (χ4n) is 4.98. The first kappa shape index (κ1) is 31.1. The number of rotatable bonds is 9. The zero-order chi connectivity index (χ0) is 31.3. The standard InChI is InChI=1S/C32H33F3N6O2S/c1-21(2)28-22(3)6-4-7-27(28)40-18-5-19-44-31(40)38-30(42)36-17-16-23-8-10-24(11-9-23)29-37-20-41(39-29)25-12-14-26(15-13-25)43-32(33,34)35/h4,6-17,20-21,30,36,42H,5,18-19H2,1-3H3/b17-16+,38-31?. The fourth-order valence-corrected chi connectivity index (χ4v) is 5.95. The Hall–Kier alpha value is -4.29. The number of aliphatic hydroxyl groups excluding tert-OH is 1. The first-order valence-electron chi connectivity index (χ1n) is 14.1. The smallest absolute Gasteiger partial charge is 0.406 e. The van der Waals surface area contributed by atoms with Crippen LogP contribution in [0.1, 0.15) is 42.9 Å². The summed E-state index contributed by atoms with van der Waals surface area (Å²) in [6, 6.07) is 19.2. The quantitative estimate of drug-likeness (QED) is 0.193. The number of aliphatic hydroxyl groups is 1. The molecule has 1 atom stereocenters. The highest BCUT2D eigenvalue weighted by Crippen LogP contribution is 2.34. The molecular weight excluding hydrogens is 589 g/mol. The number of halogens is 3. The minimum absolute atomic E-state index is 0.308. The van der Waals surface area contributed by atoms with Crippen molar-refractivity contribution in [2.24, 2.45) is 4.99 Å². The molecule has 1 aromatic heterocycles. The Balaban J connectivity index is 1.21. The van der Waals surface area contributed by atoms with Gasteiger partial charge in [0.05, 0.1) is 5.69 Å². The molecule has 0 bridgehead atoms. The van der Waals surface area contributed by atoms with Gasteiger partial charge in [0.1, 0.15) is 12.1 Å². The van der Waals surface area contributed by atoms with Gasteiger partial charge in [-0.05, 0) is 72.4 Å². The lowest BCUT2D eigenvalue weighted by atomic mass is 9.95. The van der Waals surface area contributed by atoms with Crippen molar-refractivity contribution in [1.29, 1.82) is 0 Å². The third kappa shape index (κ3) is 7.80. The Morgan fingerprint density at radius 2 is 1.82 bits per heavy atom. The van der Waals surface area contributed by atoms with Gasteiger partial charge in [0.15, 0.2) is 11.0 Å². The highest BCUT2D eigenvalue weighted by molar-refractivity contribution is 8.14. The Kier molecular flexibility index (Phi) is 9.60. The van der Waals surface area contributed by atoms with Crippen LogP contribution >= 0.6 is 11.8 Å². The van der Waals surface area contributed by atoms with E-state index in [2.05, 4.69) is 69.0 Å². The van der Waals surface area contributed by atoms with Gasteiger partial charge in [-0.1, -0.05) is 62.0 Å². The molecule has 1 aliphatic heterocycles. The van der Waals surface area contributed by atoms with Gasteiger partial charge in [0.2, 0.25) is 6.35 Å². The number of aliphatic imine (C=N–C) groups is 1. The first-order valence-corrected chi connectivity index (χ1v) is 15.1. The van der Waals surface area contributed by atoms with Crippen LogP contribution in [0.3, 0.4) is 0 Å². The summed E-state index contributed by atoms with van der Waals surface area (Å²) in [5.74, 6) is 1.47. The number of ether oxygens (including phenoxy) is 1. The van der Waals surface area contributed by atoms with Crippen LogP contribution in [0.4, 0.5) is 18.9 Å². The van der Waals surface area contributed by atoms with Crippen LogP contribution < -0.4 is 15.0 Å². The number of anilines is 1. The first-order chi connectivity index (χ1) is 21.1. The molecule has 8 nitrogen and oxygen atoms in total. The number of hydrogen-bond acceptors (Lipinski definition) is 7. The van der Waals surface area contributed by atoms with E-state index in [9.17, 15) is 18.3 Å². The van der Waals surface area contributed by atoms with Crippen LogP contribution in [0, 0.1) is 6.92 Å². The van der Waals surface area contributed by atoms with Crippen molar-refractivity contribution in [2.45, 2.75) is 45.8 Å². The van der Waals surface area contributed by atoms with Crippen molar-refractivity contribution in [3.63, 3.8) is 0 Å². The number of alkyl halides is 3. The average molecular weight is 623 g/mol. The van der Waals surface area contributed by atoms with E-state index >= 15 is 0 Å². The van der Waals surface area contributed by atoms with E-state index in [0.717, 1.165) is 40.7 Å². The monoisotopic (exact) mass is 622 g/mol. The van der Waals surface area contributed by atoms with Crippen LogP contribution in [-0.2, 0) is 0 Å². The van der Waals surface area contributed by atoms with E-state index < -0.39 is 12.7 Å². The number of thioether (sulfide) groups is 1. The number of nitrogens with one attached hydrogen (secondary N) is 1. The Morgan fingerprint density at radius 1 is 1.07 bits per heavy atom. The average Bonchev–Trinajstić information content (AvgIpc) is 3.47. The van der Waals surface area contributed by atoms with Crippen molar-refractivity contribution in [1.82, 2.24) is 20.1 Å². The second-order valence-corrected chi connectivity index (χ2v) is 11.5. The third-order valence-electron chi connectivity index (χ3n) is 6.91. The van der Waals surface area contributed by atoms with E-state index in [-0.39, 0.29) is 5.75 Å². The molecule has 0 aliphatic carbocycles. The molecule has 0 saturated carbocycles. The van der Waals surface area contributed by atoms with E-state index in [1.165, 1.54) is 46.4 Å². The van der Waals surface area contributed by atoms with Gasteiger partial charge in [-0.3, -0.25) is 0 Å². The van der Waals surface area contributed by atoms with E-state index in [1.807, 2.05) is 30.3 Å². The predicted octanol–water partition coefficient (Wildman–Crippen LogP) is 7.10. The summed E-state index contributed by atoms with van der Waals surface area (Å²) in [7, 11) is 0. The molecule has 230 valence electrons. The number of benzene rings is 3. The van der Waals surface area contributed by atoms with Crippen molar-refractivity contribution < 1.29 is 23.0 Å². The molecule has 0 spiro atoms. The van der Waals surface area contributed by atoms with Crippen LogP contribution in [-0.4, -0.2) is 50.1 Å². The van der Waals surface area contributed by atoms with Gasteiger partial charge >= 0.3 is 6.36 Å². The molecule has 12 heteroatoms. The molecular formula is C32H33F3N6O2S. The maximum absolute atomic E-state index is 12.4. The van der Waals surface area contributed by atoms with Gasteiger partial charge in [-0.15, -0.1) is 18.3 Å². The Bertz CT molecular complexity index is 1620. The highest BCUT2D eigenvalue weighted by atomic mass is 32.2. The molecule has 5 rings (SSSR count). The molecule has 44 heavy (non-hydrogen) atoms. The molecule has 4 aromatic rings. The molecule has 2 N–H and O–H groups in total. The summed E-state index contributed by atoms with van der Waals surface area (Å²) in [6.07, 6.45) is 0.161. The zero-order valence-corrected chi connectivity index (χ0v) is 25.3. The summed E-state index contributed by atoms with van der Waals surface area (Å²) >= 11 is 1.64. The normalized spacial score (nSPS) is 15.7. The van der Waals surface area contributed by atoms with E-state index in [1.54, 1.807) is 18.0 Å². The number of hydrogen-bond donors (Lipinski definition) is 2. The minimum atomic E-state index is -4.75. The molecule has 2 heterocycles. The zero-order valence-electron chi connectivity index (χ0n) is 24.5. The van der Waals surface area contributed by atoms with Crippen LogP contribution in [0.25, 0.3) is 23.2 Å². The second kappa shape index (κ2) is 13.6. The van der Waals surface area contributed by atoms with Crippen LogP contribution in [0.5, 0.6) is 5.75 Å². The SMILES string of the molecule is Cc1cccc(N2CCCSC2=NC(O)N/C=C/c2ccc(-c3ncn(-c4ccc(OC(F)(F)F)cc4)n3)cc2)c1C(C)C. The second-order valence-electron chi connectivity index (χ2n) is 10.5. The van der Waals surface area contributed by atoms with Gasteiger partial charge in [-0.25, -0.2) is 14.7 Å². The summed E-state index contributed by atoms with van der Waals surface area (Å²) in [5, 5.41) is 18.8. The van der Waals surface area contributed by atoms with Crippen LogP contribution in [0.2, 0.25) is 0 Å². The number of aryl methyl sites for hydroxylation is 1. The van der Waals surface area contributed by atoms with Gasteiger partial charge < -0.3 is 20.1 Å². The summed E-state index contributed by atoms with van der Waals surface area (Å²) in [6.45, 7) is 7.37. The molecule has 1 aliphatic rings. The molecule has 1 saturated heterocycles. The van der Waals surface area contributed by atoms with Crippen molar-refractivity contribution >= 4 is 28.7 Å². The summed E-state index contributed by atoms with van der Waals surface area (Å²) in [4.78, 5) is 11.1. The van der Waals surface area contributed by atoms with Crippen molar-refractivity contribution in [3.8, 4) is 22.8 Å². The minimum Gasteiger partial charge on any atom is -0.406 e. The lowest BCUT2D eigenvalue weighted by molar-refractivity contribution is -0.274. The van der Waals surface area contributed by atoms with Gasteiger partial charge in [0.25, 0.3) is 0 Å². The maximum Gasteiger partial charge on any atom is 0.573 e. The largest absolute Gasteiger partial charge is 0.573 e. The fraction of sp³-hybridized carbons (Fsp3) is 0.281. The highest BCUT2D eigenvalue weighted by Gasteiger charge is 2.31. The Morgan fingerprint density at radius 3 is 2.52 bits per heavy atom. The topological polar surface area (TPSA) is 87.8 Å². The van der Waals surface area contributed by atoms with E-state index in [4.69, 9.17) is 0 Å². The Labute approximate surface area is 258 Å². The summed E-state index contributed by atoms with van der Waals surface area (Å²) < 4.78 is 42.6.